The van der Waals surface area contributed by atoms with E-state index in [9.17, 15) is 4.79 Å². The predicted molar refractivity (Wildman–Crippen MR) is 106 cm³/mol. The molecule has 1 fully saturated rings. The average Bonchev–Trinajstić information content (AvgIpc) is 3.20. The molecule has 0 amide bonds. The van der Waals surface area contributed by atoms with Crippen LogP contribution in [-0.2, 0) is 9.53 Å². The van der Waals surface area contributed by atoms with Crippen molar-refractivity contribution in [1.82, 2.24) is 5.32 Å². The Hall–Kier alpha value is -1.61. The van der Waals surface area contributed by atoms with E-state index in [2.05, 4.69) is 41.7 Å². The third-order valence-corrected chi connectivity index (χ3v) is 6.16. The van der Waals surface area contributed by atoms with Crippen molar-refractivity contribution < 1.29 is 9.53 Å². The zero-order valence-electron chi connectivity index (χ0n) is 16.1. The fourth-order valence-electron chi connectivity index (χ4n) is 4.75. The smallest absolute Gasteiger partial charge is 0.313 e. The van der Waals surface area contributed by atoms with Crippen LogP contribution in [-0.4, -0.2) is 25.2 Å². The van der Waals surface area contributed by atoms with Crippen LogP contribution in [0.4, 0.5) is 0 Å². The monoisotopic (exact) mass is 355 g/mol. The van der Waals surface area contributed by atoms with Crippen molar-refractivity contribution in [2.75, 3.05) is 13.2 Å². The Labute approximate surface area is 158 Å². The summed E-state index contributed by atoms with van der Waals surface area (Å²) in [5, 5.41) is 3.69. The van der Waals surface area contributed by atoms with Gasteiger partial charge in [-0.1, -0.05) is 55.3 Å². The lowest BCUT2D eigenvalue weighted by molar-refractivity contribution is -0.158. The van der Waals surface area contributed by atoms with Gasteiger partial charge in [-0.3, -0.25) is 4.79 Å². The Morgan fingerprint density at radius 3 is 2.69 bits per heavy atom. The van der Waals surface area contributed by atoms with Gasteiger partial charge in [0.05, 0.1) is 12.0 Å². The van der Waals surface area contributed by atoms with Crippen LogP contribution in [0.1, 0.15) is 69.8 Å². The third kappa shape index (κ3) is 4.37. The first kappa shape index (κ1) is 19.2. The number of carbonyl (C=O) groups is 1. The molecule has 2 unspecified atom stereocenters. The summed E-state index contributed by atoms with van der Waals surface area (Å²) in [7, 11) is 0. The Kier molecular flexibility index (Phi) is 6.90. The molecule has 142 valence electrons. The number of carbonyl (C=O) groups excluding carboxylic acids is 1. The van der Waals surface area contributed by atoms with Crippen molar-refractivity contribution in [3.8, 4) is 0 Å². The van der Waals surface area contributed by atoms with Crippen LogP contribution in [0.2, 0.25) is 0 Å². The Balaban J connectivity index is 1.73. The van der Waals surface area contributed by atoms with Gasteiger partial charge in [-0.05, 0) is 57.6 Å². The van der Waals surface area contributed by atoms with Crippen LogP contribution in [0.3, 0.4) is 0 Å². The maximum atomic E-state index is 13.1. The summed E-state index contributed by atoms with van der Waals surface area (Å²) in [6.07, 6.45) is 13.3. The number of rotatable bonds is 8. The molecule has 0 aliphatic heterocycles. The molecule has 0 bridgehead atoms. The van der Waals surface area contributed by atoms with Gasteiger partial charge in [0.25, 0.3) is 0 Å². The Morgan fingerprint density at radius 2 is 1.96 bits per heavy atom. The van der Waals surface area contributed by atoms with Crippen molar-refractivity contribution in [1.29, 1.82) is 0 Å². The minimum Gasteiger partial charge on any atom is -0.466 e. The summed E-state index contributed by atoms with van der Waals surface area (Å²) in [4.78, 5) is 13.1. The highest BCUT2D eigenvalue weighted by Gasteiger charge is 2.47. The minimum atomic E-state index is -0.427. The molecule has 3 heteroatoms. The van der Waals surface area contributed by atoms with E-state index in [1.807, 2.05) is 13.0 Å². The average molecular weight is 356 g/mol. The number of nitrogens with one attached hydrogen (secondary N) is 1. The van der Waals surface area contributed by atoms with Crippen LogP contribution in [0.5, 0.6) is 0 Å². The summed E-state index contributed by atoms with van der Waals surface area (Å²) in [6, 6.07) is 11.2. The molecule has 1 N–H and O–H groups in total. The standard InChI is InChI=1S/C23H33NO2/c1-2-26-22(25)23(17-10-18-24-20-13-6-7-14-20)16-9-8-15-21(23)19-11-4-3-5-12-19/h3-5,8-9,11-12,20-21,24H,2,6-7,10,13-18H2,1H3. The Morgan fingerprint density at radius 1 is 1.19 bits per heavy atom. The highest BCUT2D eigenvalue weighted by atomic mass is 16.5. The first-order chi connectivity index (χ1) is 12.8. The van der Waals surface area contributed by atoms with Crippen LogP contribution in [0, 0.1) is 5.41 Å². The molecule has 1 aromatic carbocycles. The lowest BCUT2D eigenvalue weighted by atomic mass is 9.63. The zero-order chi connectivity index (χ0) is 18.2. The van der Waals surface area contributed by atoms with Crippen molar-refractivity contribution in [2.24, 2.45) is 5.41 Å². The lowest BCUT2D eigenvalue weighted by Gasteiger charge is -2.40. The number of hydrogen-bond donors (Lipinski definition) is 1. The molecule has 2 aliphatic carbocycles. The molecule has 3 nitrogen and oxygen atoms in total. The summed E-state index contributed by atoms with van der Waals surface area (Å²) in [5.74, 6) is 0.193. The van der Waals surface area contributed by atoms with Crippen molar-refractivity contribution in [2.45, 2.75) is 70.3 Å². The molecule has 0 aromatic heterocycles. The zero-order valence-corrected chi connectivity index (χ0v) is 16.1. The Bertz CT molecular complexity index is 591. The second-order valence-electron chi connectivity index (χ2n) is 7.79. The summed E-state index contributed by atoms with van der Waals surface area (Å²) in [5.41, 5.74) is 0.831. The molecule has 2 atom stereocenters. The van der Waals surface area contributed by atoms with Crippen LogP contribution in [0.15, 0.2) is 42.5 Å². The highest BCUT2D eigenvalue weighted by Crippen LogP contribution is 2.49. The molecule has 2 aliphatic rings. The van der Waals surface area contributed by atoms with Gasteiger partial charge in [0.15, 0.2) is 0 Å². The fourth-order valence-corrected chi connectivity index (χ4v) is 4.75. The van der Waals surface area contributed by atoms with E-state index in [4.69, 9.17) is 4.74 Å². The summed E-state index contributed by atoms with van der Waals surface area (Å²) >= 11 is 0. The van der Waals surface area contributed by atoms with Crippen LogP contribution < -0.4 is 5.32 Å². The number of esters is 1. The molecular formula is C23H33NO2. The van der Waals surface area contributed by atoms with E-state index in [0.29, 0.717) is 12.6 Å². The van der Waals surface area contributed by atoms with Gasteiger partial charge in [-0.2, -0.15) is 0 Å². The predicted octanol–water partition coefficient (Wildman–Crippen LogP) is 4.98. The molecule has 1 saturated carbocycles. The number of allylic oxidation sites excluding steroid dienone is 2. The molecular weight excluding hydrogens is 322 g/mol. The molecule has 3 rings (SSSR count). The van der Waals surface area contributed by atoms with Gasteiger partial charge < -0.3 is 10.1 Å². The van der Waals surface area contributed by atoms with E-state index in [1.54, 1.807) is 0 Å². The van der Waals surface area contributed by atoms with Gasteiger partial charge in [-0.15, -0.1) is 0 Å². The maximum absolute atomic E-state index is 13.1. The molecule has 0 saturated heterocycles. The van der Waals surface area contributed by atoms with Crippen molar-refractivity contribution in [3.05, 3.63) is 48.0 Å². The van der Waals surface area contributed by atoms with E-state index < -0.39 is 5.41 Å². The largest absolute Gasteiger partial charge is 0.466 e. The van der Waals surface area contributed by atoms with Crippen molar-refractivity contribution in [3.63, 3.8) is 0 Å². The first-order valence-corrected chi connectivity index (χ1v) is 10.4. The molecule has 0 radical (unpaired) electrons. The SMILES string of the molecule is CCOC(=O)C1(CCCNC2CCCC2)CC=CCC1c1ccccc1. The fraction of sp³-hybridized carbons (Fsp3) is 0.609. The van der Waals surface area contributed by atoms with Crippen LogP contribution in [0.25, 0.3) is 0 Å². The number of hydrogen-bond acceptors (Lipinski definition) is 3. The highest BCUT2D eigenvalue weighted by molar-refractivity contribution is 5.79. The molecule has 0 spiro atoms. The topological polar surface area (TPSA) is 38.3 Å². The number of ether oxygens (including phenoxy) is 1. The van der Waals surface area contributed by atoms with Gasteiger partial charge in [0.2, 0.25) is 0 Å². The van der Waals surface area contributed by atoms with E-state index in [0.717, 1.165) is 32.2 Å². The van der Waals surface area contributed by atoms with E-state index >= 15 is 0 Å². The number of benzene rings is 1. The van der Waals surface area contributed by atoms with E-state index in [1.165, 1.54) is 31.2 Å². The summed E-state index contributed by atoms with van der Waals surface area (Å²) < 4.78 is 5.57. The first-order valence-electron chi connectivity index (χ1n) is 10.4. The second kappa shape index (κ2) is 9.36. The lowest BCUT2D eigenvalue weighted by Crippen LogP contribution is -2.41. The minimum absolute atomic E-state index is 0.0148. The van der Waals surface area contributed by atoms with Crippen molar-refractivity contribution >= 4 is 5.97 Å². The van der Waals surface area contributed by atoms with Gasteiger partial charge in [-0.25, -0.2) is 0 Å². The second-order valence-corrected chi connectivity index (χ2v) is 7.79. The van der Waals surface area contributed by atoms with Gasteiger partial charge >= 0.3 is 5.97 Å². The van der Waals surface area contributed by atoms with Gasteiger partial charge in [0, 0.05) is 12.0 Å². The molecule has 1 aromatic rings. The normalized spacial score (nSPS) is 26.1. The quantitative estimate of drug-likeness (QED) is 0.406. The third-order valence-electron chi connectivity index (χ3n) is 6.16. The molecule has 26 heavy (non-hydrogen) atoms. The maximum Gasteiger partial charge on any atom is 0.313 e. The van der Waals surface area contributed by atoms with Gasteiger partial charge in [0.1, 0.15) is 0 Å². The summed E-state index contributed by atoms with van der Waals surface area (Å²) in [6.45, 7) is 3.35. The van der Waals surface area contributed by atoms with E-state index in [-0.39, 0.29) is 11.9 Å². The van der Waals surface area contributed by atoms with Crippen LogP contribution >= 0.6 is 0 Å². The molecule has 0 heterocycles.